The Labute approximate surface area is 125 Å². The molecule has 1 aromatic heterocycles. The molecule has 116 valence electrons. The van der Waals surface area contributed by atoms with Gasteiger partial charge in [-0.3, -0.25) is 4.79 Å². The van der Waals surface area contributed by atoms with E-state index in [9.17, 15) is 13.6 Å². The highest BCUT2D eigenvalue weighted by molar-refractivity contribution is 5.75. The Kier molecular flexibility index (Phi) is 2.80. The van der Waals surface area contributed by atoms with E-state index in [-0.39, 0.29) is 17.9 Å². The molecule has 2 aromatic rings. The van der Waals surface area contributed by atoms with Gasteiger partial charge in [0.25, 0.3) is 0 Å². The van der Waals surface area contributed by atoms with Gasteiger partial charge in [0, 0.05) is 18.2 Å². The van der Waals surface area contributed by atoms with Crippen LogP contribution in [0.3, 0.4) is 0 Å². The lowest BCUT2D eigenvalue weighted by Crippen LogP contribution is -2.17. The number of aromatic nitrogens is 2. The molecule has 0 radical (unpaired) electrons. The number of carbonyl (C=O) groups is 1. The first kappa shape index (κ1) is 13.7. The maximum absolute atomic E-state index is 13.5. The van der Waals surface area contributed by atoms with Crippen LogP contribution < -0.4 is 0 Å². The zero-order valence-electron chi connectivity index (χ0n) is 12.0. The molecule has 1 N–H and O–H groups in total. The first-order valence-corrected chi connectivity index (χ1v) is 7.51. The summed E-state index contributed by atoms with van der Waals surface area (Å²) >= 11 is 0. The monoisotopic (exact) mass is 306 g/mol. The van der Waals surface area contributed by atoms with Crippen LogP contribution in [0.15, 0.2) is 18.5 Å². The van der Waals surface area contributed by atoms with Crippen molar-refractivity contribution in [1.82, 2.24) is 9.55 Å². The van der Waals surface area contributed by atoms with E-state index in [1.165, 1.54) is 6.07 Å². The van der Waals surface area contributed by atoms with Gasteiger partial charge in [0.05, 0.1) is 23.3 Å². The molecule has 2 saturated carbocycles. The van der Waals surface area contributed by atoms with Gasteiger partial charge in [-0.05, 0) is 30.6 Å². The SMILES string of the molecule is CC(C(=O)O)[C@H]1[C@@H]2C[C@@H](n3cnc4cc(F)c(F)cc43)C[C@@H]21. The van der Waals surface area contributed by atoms with Gasteiger partial charge < -0.3 is 9.67 Å². The number of carboxylic acids is 1. The van der Waals surface area contributed by atoms with E-state index in [4.69, 9.17) is 5.11 Å². The number of fused-ring (bicyclic) bond motifs is 2. The quantitative estimate of drug-likeness (QED) is 0.947. The summed E-state index contributed by atoms with van der Waals surface area (Å²) in [5, 5.41) is 9.10. The highest BCUT2D eigenvalue weighted by Crippen LogP contribution is 2.63. The van der Waals surface area contributed by atoms with Crippen molar-refractivity contribution in [1.29, 1.82) is 0 Å². The molecule has 0 aliphatic heterocycles. The van der Waals surface area contributed by atoms with Gasteiger partial charge in [0.2, 0.25) is 0 Å². The number of nitrogens with zero attached hydrogens (tertiary/aromatic N) is 2. The fourth-order valence-corrected chi connectivity index (χ4v) is 4.31. The molecule has 5 atom stereocenters. The number of imidazole rings is 1. The molecular formula is C16H16F2N2O2. The lowest BCUT2D eigenvalue weighted by molar-refractivity contribution is -0.142. The average molecular weight is 306 g/mol. The van der Waals surface area contributed by atoms with Crippen LogP contribution in [0.25, 0.3) is 11.0 Å². The van der Waals surface area contributed by atoms with E-state index in [0.717, 1.165) is 18.9 Å². The summed E-state index contributed by atoms with van der Waals surface area (Å²) in [6, 6.07) is 2.51. The second-order valence-electron chi connectivity index (χ2n) is 6.56. The maximum Gasteiger partial charge on any atom is 0.306 e. The maximum atomic E-state index is 13.5. The van der Waals surface area contributed by atoms with Crippen LogP contribution in [0.1, 0.15) is 25.8 Å². The molecule has 1 unspecified atom stereocenters. The highest BCUT2D eigenvalue weighted by atomic mass is 19.2. The van der Waals surface area contributed by atoms with Crippen LogP contribution in [-0.2, 0) is 4.79 Å². The zero-order chi connectivity index (χ0) is 15.6. The highest BCUT2D eigenvalue weighted by Gasteiger charge is 2.59. The zero-order valence-corrected chi connectivity index (χ0v) is 12.0. The van der Waals surface area contributed by atoms with Crippen molar-refractivity contribution >= 4 is 17.0 Å². The number of carboxylic acid groups (broad SMARTS) is 1. The smallest absolute Gasteiger partial charge is 0.306 e. The Balaban J connectivity index is 1.57. The fraction of sp³-hybridized carbons (Fsp3) is 0.500. The Morgan fingerprint density at radius 2 is 1.95 bits per heavy atom. The molecule has 4 nitrogen and oxygen atoms in total. The number of rotatable bonds is 3. The van der Waals surface area contributed by atoms with Crippen molar-refractivity contribution in [3.63, 3.8) is 0 Å². The van der Waals surface area contributed by atoms with Gasteiger partial charge in [-0.25, -0.2) is 13.8 Å². The van der Waals surface area contributed by atoms with E-state index >= 15 is 0 Å². The minimum Gasteiger partial charge on any atom is -0.481 e. The van der Waals surface area contributed by atoms with Crippen LogP contribution in [0, 0.1) is 35.3 Å². The lowest BCUT2D eigenvalue weighted by Gasteiger charge is -2.18. The predicted octanol–water partition coefficient (Wildman–Crippen LogP) is 3.23. The Bertz CT molecular complexity index is 761. The van der Waals surface area contributed by atoms with E-state index < -0.39 is 17.6 Å². The summed E-state index contributed by atoms with van der Waals surface area (Å²) in [4.78, 5) is 15.2. The van der Waals surface area contributed by atoms with Crippen molar-refractivity contribution in [2.24, 2.45) is 23.7 Å². The molecule has 0 saturated heterocycles. The van der Waals surface area contributed by atoms with Gasteiger partial charge in [-0.2, -0.15) is 0 Å². The Morgan fingerprint density at radius 1 is 1.32 bits per heavy atom. The lowest BCUT2D eigenvalue weighted by atomic mass is 9.97. The largest absolute Gasteiger partial charge is 0.481 e. The van der Waals surface area contributed by atoms with Crippen molar-refractivity contribution in [3.05, 3.63) is 30.1 Å². The van der Waals surface area contributed by atoms with Crippen molar-refractivity contribution in [3.8, 4) is 0 Å². The molecule has 1 aromatic carbocycles. The van der Waals surface area contributed by atoms with Gasteiger partial charge >= 0.3 is 5.97 Å². The third-order valence-corrected chi connectivity index (χ3v) is 5.46. The molecule has 0 amide bonds. The topological polar surface area (TPSA) is 55.1 Å². The number of benzene rings is 1. The first-order chi connectivity index (χ1) is 10.5. The van der Waals surface area contributed by atoms with E-state index in [2.05, 4.69) is 4.98 Å². The fourth-order valence-electron chi connectivity index (χ4n) is 4.31. The molecule has 1 heterocycles. The van der Waals surface area contributed by atoms with Crippen molar-refractivity contribution < 1.29 is 18.7 Å². The number of hydrogen-bond donors (Lipinski definition) is 1. The first-order valence-electron chi connectivity index (χ1n) is 7.51. The van der Waals surface area contributed by atoms with E-state index in [1.54, 1.807) is 13.3 Å². The molecule has 22 heavy (non-hydrogen) atoms. The number of halogens is 2. The standard InChI is InChI=1S/C16H16F2N2O2/c1-7(16(21)22)15-9-2-8(3-10(9)15)20-6-19-13-4-11(17)12(18)5-14(13)20/h4-10,15H,2-3H2,1H3,(H,21,22)/t7?,8-,9-,10+,15+. The third-order valence-electron chi connectivity index (χ3n) is 5.46. The van der Waals surface area contributed by atoms with Gasteiger partial charge in [-0.15, -0.1) is 0 Å². The molecule has 2 aliphatic carbocycles. The molecule has 0 spiro atoms. The second kappa shape index (κ2) is 4.51. The minimum atomic E-state index is -0.887. The van der Waals surface area contributed by atoms with Crippen LogP contribution in [0.5, 0.6) is 0 Å². The minimum absolute atomic E-state index is 0.196. The summed E-state index contributed by atoms with van der Waals surface area (Å²) in [6.45, 7) is 1.77. The summed E-state index contributed by atoms with van der Waals surface area (Å²) in [5.74, 6) is -1.67. The molecule has 0 bridgehead atoms. The molecule has 4 rings (SSSR count). The van der Waals surface area contributed by atoms with Gasteiger partial charge in [0.15, 0.2) is 11.6 Å². The van der Waals surface area contributed by atoms with E-state index in [0.29, 0.717) is 22.9 Å². The molecule has 6 heteroatoms. The Hall–Kier alpha value is -1.98. The third kappa shape index (κ3) is 1.86. The summed E-state index contributed by atoms with van der Waals surface area (Å²) < 4.78 is 28.6. The van der Waals surface area contributed by atoms with Crippen molar-refractivity contribution in [2.45, 2.75) is 25.8 Å². The molecular weight excluding hydrogens is 290 g/mol. The normalized spacial score (nSPS) is 31.2. The Morgan fingerprint density at radius 3 is 2.59 bits per heavy atom. The summed E-state index contributed by atoms with van der Waals surface area (Å²) in [7, 11) is 0. The average Bonchev–Trinajstić information content (AvgIpc) is 2.84. The van der Waals surface area contributed by atoms with Crippen molar-refractivity contribution in [2.75, 3.05) is 0 Å². The second-order valence-corrected chi connectivity index (χ2v) is 6.56. The number of aliphatic carboxylic acids is 1. The molecule has 2 fully saturated rings. The predicted molar refractivity (Wildman–Crippen MR) is 75.2 cm³/mol. The molecule has 2 aliphatic rings. The van der Waals surface area contributed by atoms with Crippen LogP contribution in [-0.4, -0.2) is 20.6 Å². The van der Waals surface area contributed by atoms with Crippen LogP contribution in [0.4, 0.5) is 8.78 Å². The van der Waals surface area contributed by atoms with E-state index in [1.807, 2.05) is 4.57 Å². The summed E-state index contributed by atoms with van der Waals surface area (Å²) in [6.07, 6.45) is 3.41. The van der Waals surface area contributed by atoms with Crippen LogP contribution in [0.2, 0.25) is 0 Å². The van der Waals surface area contributed by atoms with Gasteiger partial charge in [0.1, 0.15) is 0 Å². The van der Waals surface area contributed by atoms with Gasteiger partial charge in [-0.1, -0.05) is 6.92 Å². The summed E-state index contributed by atoms with van der Waals surface area (Å²) in [5.41, 5.74) is 1.06. The number of hydrogen-bond acceptors (Lipinski definition) is 2. The van der Waals surface area contributed by atoms with Crippen LogP contribution >= 0.6 is 0 Å².